The van der Waals surface area contributed by atoms with E-state index < -0.39 is 0 Å². The number of nitrogens with one attached hydrogen (secondary N) is 1. The first kappa shape index (κ1) is 6.56. The van der Waals surface area contributed by atoms with Crippen molar-refractivity contribution >= 4 is 5.95 Å². The predicted molar refractivity (Wildman–Crippen MR) is 36.5 cm³/mol. The fourth-order valence-corrected chi connectivity index (χ4v) is 0.525. The van der Waals surface area contributed by atoms with Crippen LogP contribution in [0.4, 0.5) is 5.95 Å². The molecule has 54 valence electrons. The number of rotatable bonds is 1. The van der Waals surface area contributed by atoms with Gasteiger partial charge in [-0.3, -0.25) is 10.2 Å². The average molecular weight is 141 g/mol. The molecule has 1 aromatic rings. The Kier molecular flexibility index (Phi) is 1.55. The van der Waals surface area contributed by atoms with Gasteiger partial charge in [-0.2, -0.15) is 4.68 Å². The van der Waals surface area contributed by atoms with Crippen molar-refractivity contribution < 1.29 is 0 Å². The van der Waals surface area contributed by atoms with Gasteiger partial charge in [-0.05, 0) is 0 Å². The van der Waals surface area contributed by atoms with Crippen LogP contribution < -0.4 is 22.7 Å². The Morgan fingerprint density at radius 3 is 2.90 bits per heavy atom. The van der Waals surface area contributed by atoms with E-state index in [2.05, 4.69) is 10.4 Å². The maximum Gasteiger partial charge on any atom is 0.273 e. The van der Waals surface area contributed by atoms with E-state index in [0.717, 1.165) is 4.68 Å². The molecule has 0 spiro atoms. The fraction of sp³-hybridized carbons (Fsp3) is 0. The van der Waals surface area contributed by atoms with E-state index in [0.29, 0.717) is 0 Å². The molecule has 0 aliphatic carbocycles. The number of aromatic nitrogens is 2. The number of anilines is 1. The zero-order chi connectivity index (χ0) is 7.56. The van der Waals surface area contributed by atoms with E-state index in [1.54, 1.807) is 0 Å². The maximum atomic E-state index is 10.7. The minimum absolute atomic E-state index is 0.132. The number of hydrogen-bond acceptors (Lipinski definition) is 5. The summed E-state index contributed by atoms with van der Waals surface area (Å²) < 4.78 is 0.819. The van der Waals surface area contributed by atoms with Gasteiger partial charge in [-0.15, -0.1) is 0 Å². The number of nitrogen functional groups attached to an aromatic ring is 2. The summed E-state index contributed by atoms with van der Waals surface area (Å²) in [6.07, 6.45) is 1.32. The standard InChI is InChI=1S/C4H7N5O/c5-8-4-7-2-1-3(10)9(4)6/h1-2H,5-6H2,(H,7,8). The lowest BCUT2D eigenvalue weighted by Gasteiger charge is -2.02. The fourth-order valence-electron chi connectivity index (χ4n) is 0.525. The quantitative estimate of drug-likeness (QED) is 0.318. The van der Waals surface area contributed by atoms with Gasteiger partial charge < -0.3 is 5.84 Å². The molecule has 1 heterocycles. The molecule has 6 nitrogen and oxygen atoms in total. The molecule has 0 amide bonds. The zero-order valence-corrected chi connectivity index (χ0v) is 5.11. The lowest BCUT2D eigenvalue weighted by molar-refractivity contribution is 0.889. The third-order valence-electron chi connectivity index (χ3n) is 1.01. The molecule has 0 fully saturated rings. The normalized spacial score (nSPS) is 9.30. The Morgan fingerprint density at radius 1 is 1.70 bits per heavy atom. The molecule has 0 aromatic carbocycles. The second kappa shape index (κ2) is 2.36. The SMILES string of the molecule is NNc1nccc(=O)n1N. The molecule has 0 atom stereocenters. The highest BCUT2D eigenvalue weighted by molar-refractivity contribution is 5.21. The molecule has 0 aliphatic heterocycles. The predicted octanol–water partition coefficient (Wildman–Crippen LogP) is -1.76. The third-order valence-corrected chi connectivity index (χ3v) is 1.01. The monoisotopic (exact) mass is 141 g/mol. The molecule has 1 rings (SSSR count). The van der Waals surface area contributed by atoms with E-state index >= 15 is 0 Å². The summed E-state index contributed by atoms with van der Waals surface area (Å²) >= 11 is 0. The van der Waals surface area contributed by atoms with Crippen LogP contribution in [0.2, 0.25) is 0 Å². The Balaban J connectivity index is 3.28. The summed E-state index contributed by atoms with van der Waals surface area (Å²) in [7, 11) is 0. The van der Waals surface area contributed by atoms with Gasteiger partial charge in [0.05, 0.1) is 0 Å². The second-order valence-corrected chi connectivity index (χ2v) is 1.62. The van der Waals surface area contributed by atoms with Crippen LogP contribution in [0.5, 0.6) is 0 Å². The van der Waals surface area contributed by atoms with Gasteiger partial charge in [0.1, 0.15) is 0 Å². The molecular weight excluding hydrogens is 134 g/mol. The van der Waals surface area contributed by atoms with Crippen molar-refractivity contribution in [1.82, 2.24) is 9.66 Å². The minimum Gasteiger partial charge on any atom is -0.333 e. The van der Waals surface area contributed by atoms with E-state index in [-0.39, 0.29) is 11.5 Å². The van der Waals surface area contributed by atoms with Crippen molar-refractivity contribution in [3.8, 4) is 0 Å². The Hall–Kier alpha value is -1.56. The van der Waals surface area contributed by atoms with Crippen LogP contribution in [-0.2, 0) is 0 Å². The molecule has 0 unspecified atom stereocenters. The van der Waals surface area contributed by atoms with Crippen molar-refractivity contribution in [3.63, 3.8) is 0 Å². The molecule has 0 saturated carbocycles. The first-order valence-electron chi connectivity index (χ1n) is 2.55. The molecule has 5 N–H and O–H groups in total. The van der Waals surface area contributed by atoms with Gasteiger partial charge in [0.2, 0.25) is 5.95 Å². The van der Waals surface area contributed by atoms with Gasteiger partial charge in [-0.1, -0.05) is 0 Å². The highest BCUT2D eigenvalue weighted by atomic mass is 16.1. The summed E-state index contributed by atoms with van der Waals surface area (Å²) in [5.41, 5.74) is 1.80. The Labute approximate surface area is 56.4 Å². The van der Waals surface area contributed by atoms with Gasteiger partial charge in [0, 0.05) is 12.3 Å². The number of nitrogens with two attached hydrogens (primary N) is 2. The van der Waals surface area contributed by atoms with Crippen LogP contribution >= 0.6 is 0 Å². The van der Waals surface area contributed by atoms with Crippen molar-refractivity contribution in [2.75, 3.05) is 11.3 Å². The first-order chi connectivity index (χ1) is 4.75. The minimum atomic E-state index is -0.358. The number of nitrogens with zero attached hydrogens (tertiary/aromatic N) is 2. The first-order valence-corrected chi connectivity index (χ1v) is 2.55. The number of hydrazine groups is 1. The molecule has 6 heteroatoms. The summed E-state index contributed by atoms with van der Waals surface area (Å²) in [6, 6.07) is 1.24. The Bertz CT molecular complexity index is 279. The van der Waals surface area contributed by atoms with E-state index in [4.69, 9.17) is 11.7 Å². The van der Waals surface area contributed by atoms with Gasteiger partial charge in [0.15, 0.2) is 0 Å². The molecule has 10 heavy (non-hydrogen) atoms. The zero-order valence-electron chi connectivity index (χ0n) is 5.11. The third kappa shape index (κ3) is 0.914. The van der Waals surface area contributed by atoms with Crippen molar-refractivity contribution in [1.29, 1.82) is 0 Å². The lowest BCUT2D eigenvalue weighted by atomic mass is 10.6. The summed E-state index contributed by atoms with van der Waals surface area (Å²) in [4.78, 5) is 14.4. The van der Waals surface area contributed by atoms with Crippen LogP contribution in [0.25, 0.3) is 0 Å². The van der Waals surface area contributed by atoms with E-state index in [1.165, 1.54) is 12.3 Å². The molecule has 0 aliphatic rings. The summed E-state index contributed by atoms with van der Waals surface area (Å²) in [5.74, 6) is 10.3. The van der Waals surface area contributed by atoms with Gasteiger partial charge in [0.25, 0.3) is 5.56 Å². The van der Waals surface area contributed by atoms with Gasteiger partial charge >= 0.3 is 0 Å². The van der Waals surface area contributed by atoms with E-state index in [1.807, 2.05) is 0 Å². The van der Waals surface area contributed by atoms with Crippen LogP contribution in [0.3, 0.4) is 0 Å². The van der Waals surface area contributed by atoms with Crippen LogP contribution in [0.1, 0.15) is 0 Å². The highest BCUT2D eigenvalue weighted by Gasteiger charge is 1.95. The summed E-state index contributed by atoms with van der Waals surface area (Å²) in [6.45, 7) is 0. The van der Waals surface area contributed by atoms with Crippen LogP contribution in [0, 0.1) is 0 Å². The lowest BCUT2D eigenvalue weighted by Crippen LogP contribution is -2.31. The van der Waals surface area contributed by atoms with Crippen LogP contribution in [-0.4, -0.2) is 9.66 Å². The largest absolute Gasteiger partial charge is 0.333 e. The maximum absolute atomic E-state index is 10.7. The molecular formula is C4H7N5O. The smallest absolute Gasteiger partial charge is 0.273 e. The Morgan fingerprint density at radius 2 is 2.40 bits per heavy atom. The molecule has 0 saturated heterocycles. The summed E-state index contributed by atoms with van der Waals surface area (Å²) in [5, 5.41) is 0. The second-order valence-electron chi connectivity index (χ2n) is 1.62. The van der Waals surface area contributed by atoms with Crippen molar-refractivity contribution in [2.24, 2.45) is 5.84 Å². The van der Waals surface area contributed by atoms with Crippen molar-refractivity contribution in [3.05, 3.63) is 22.6 Å². The highest BCUT2D eigenvalue weighted by Crippen LogP contribution is 1.87. The van der Waals surface area contributed by atoms with Crippen molar-refractivity contribution in [2.45, 2.75) is 0 Å². The van der Waals surface area contributed by atoms with Gasteiger partial charge in [-0.25, -0.2) is 10.8 Å². The van der Waals surface area contributed by atoms with Crippen LogP contribution in [0.15, 0.2) is 17.1 Å². The molecule has 1 aromatic heterocycles. The molecule has 0 radical (unpaired) electrons. The topological polar surface area (TPSA) is 99.0 Å². The average Bonchev–Trinajstić information content (AvgIpc) is 1.95. The van der Waals surface area contributed by atoms with E-state index in [9.17, 15) is 4.79 Å². The molecule has 0 bridgehead atoms. The number of hydrogen-bond donors (Lipinski definition) is 3.